The minimum absolute atomic E-state index is 0.264. The Morgan fingerprint density at radius 3 is 2.67 bits per heavy atom. The first-order valence-electron chi connectivity index (χ1n) is 6.53. The fourth-order valence-corrected chi connectivity index (χ4v) is 2.18. The zero-order valence-corrected chi connectivity index (χ0v) is 12.7. The minimum atomic E-state index is -1.04. The summed E-state index contributed by atoms with van der Waals surface area (Å²) in [5, 5.41) is 9.65. The van der Waals surface area contributed by atoms with Crippen molar-refractivity contribution in [1.29, 1.82) is 0 Å². The number of hydrogen-bond donors (Lipinski definition) is 1. The number of carbonyl (C=O) groups excluding carboxylic acids is 1. The van der Waals surface area contributed by atoms with Gasteiger partial charge in [-0.2, -0.15) is 0 Å². The minimum Gasteiger partial charge on any atom is -0.482 e. The lowest BCUT2D eigenvalue weighted by atomic mass is 10.3. The number of hydrogen-bond acceptors (Lipinski definition) is 3. The van der Waals surface area contributed by atoms with E-state index in [9.17, 15) is 9.59 Å². The van der Waals surface area contributed by atoms with Crippen molar-refractivity contribution in [2.45, 2.75) is 12.8 Å². The van der Waals surface area contributed by atoms with Crippen LogP contribution in [-0.2, 0) is 9.59 Å². The number of carbonyl (C=O) groups is 2. The quantitative estimate of drug-likeness (QED) is 0.834. The predicted molar refractivity (Wildman–Crippen MR) is 78.9 cm³/mol. The Morgan fingerprint density at radius 1 is 1.33 bits per heavy atom. The summed E-state index contributed by atoms with van der Waals surface area (Å²) in [4.78, 5) is 24.2. The highest BCUT2D eigenvalue weighted by Gasteiger charge is 2.28. The molecule has 0 heterocycles. The van der Waals surface area contributed by atoms with Crippen molar-refractivity contribution >= 4 is 35.1 Å². The summed E-state index contributed by atoms with van der Waals surface area (Å²) < 4.78 is 5.34. The lowest BCUT2D eigenvalue weighted by molar-refractivity contribution is -0.145. The van der Waals surface area contributed by atoms with Gasteiger partial charge in [0.15, 0.2) is 6.61 Å². The molecule has 7 heteroatoms. The summed E-state index contributed by atoms with van der Waals surface area (Å²) in [6.45, 7) is -0.125. The van der Waals surface area contributed by atoms with Gasteiger partial charge in [0.2, 0.25) is 0 Å². The topological polar surface area (TPSA) is 66.8 Å². The molecule has 0 spiro atoms. The Bertz CT molecular complexity index is 546. The van der Waals surface area contributed by atoms with Crippen molar-refractivity contribution in [3.05, 3.63) is 28.2 Å². The van der Waals surface area contributed by atoms with Crippen LogP contribution in [0.2, 0.25) is 10.0 Å². The number of aliphatic carboxylic acids is 1. The van der Waals surface area contributed by atoms with Crippen molar-refractivity contribution in [1.82, 2.24) is 4.90 Å². The number of rotatable bonds is 7. The molecule has 1 saturated carbocycles. The highest BCUT2D eigenvalue weighted by Crippen LogP contribution is 2.30. The molecule has 1 fully saturated rings. The maximum Gasteiger partial charge on any atom is 0.323 e. The standard InChI is InChI=1S/C14H15Cl2NO4/c15-10-3-4-11(16)12(5-10)21-8-13(18)17(7-14(19)20)6-9-1-2-9/h3-5,9H,1-2,6-8H2,(H,19,20). The van der Waals surface area contributed by atoms with Gasteiger partial charge in [-0.15, -0.1) is 0 Å². The molecule has 1 aliphatic rings. The van der Waals surface area contributed by atoms with E-state index in [2.05, 4.69) is 0 Å². The summed E-state index contributed by atoms with van der Waals surface area (Å²) >= 11 is 11.8. The van der Waals surface area contributed by atoms with E-state index in [4.69, 9.17) is 33.0 Å². The average Bonchev–Trinajstić information content (AvgIpc) is 3.22. The number of amides is 1. The third kappa shape index (κ3) is 5.10. The zero-order valence-electron chi connectivity index (χ0n) is 11.2. The first kappa shape index (κ1) is 15.9. The molecule has 21 heavy (non-hydrogen) atoms. The van der Waals surface area contributed by atoms with Crippen LogP contribution in [-0.4, -0.2) is 41.6 Å². The molecule has 1 aromatic carbocycles. The van der Waals surface area contributed by atoms with Gasteiger partial charge in [0.1, 0.15) is 12.3 Å². The second kappa shape index (κ2) is 7.00. The average molecular weight is 332 g/mol. The van der Waals surface area contributed by atoms with Crippen molar-refractivity contribution in [3.63, 3.8) is 0 Å². The van der Waals surface area contributed by atoms with Crippen LogP contribution in [0.15, 0.2) is 18.2 Å². The molecule has 1 aromatic rings. The fraction of sp³-hybridized carbons (Fsp3) is 0.429. The van der Waals surface area contributed by atoms with Crippen LogP contribution in [0.5, 0.6) is 5.75 Å². The third-order valence-corrected chi connectivity index (χ3v) is 3.65. The van der Waals surface area contributed by atoms with Crippen molar-refractivity contribution < 1.29 is 19.4 Å². The SMILES string of the molecule is O=C(O)CN(CC1CC1)C(=O)COc1cc(Cl)ccc1Cl. The van der Waals surface area contributed by atoms with E-state index in [1.807, 2.05) is 0 Å². The third-order valence-electron chi connectivity index (χ3n) is 3.10. The van der Waals surface area contributed by atoms with Crippen molar-refractivity contribution in [2.75, 3.05) is 19.7 Å². The Balaban J connectivity index is 1.94. The number of benzene rings is 1. The Labute approximate surface area is 132 Å². The van der Waals surface area contributed by atoms with Gasteiger partial charge in [-0.1, -0.05) is 23.2 Å². The molecule has 1 amide bonds. The summed E-state index contributed by atoms with van der Waals surface area (Å²) in [7, 11) is 0. The maximum absolute atomic E-state index is 12.1. The van der Waals surface area contributed by atoms with Crippen LogP contribution in [0.1, 0.15) is 12.8 Å². The molecule has 0 aromatic heterocycles. The van der Waals surface area contributed by atoms with Crippen LogP contribution in [0, 0.1) is 5.92 Å². The number of ether oxygens (including phenoxy) is 1. The van der Waals surface area contributed by atoms with E-state index < -0.39 is 5.97 Å². The number of carboxylic acids is 1. The molecule has 2 rings (SSSR count). The molecule has 5 nitrogen and oxygen atoms in total. The highest BCUT2D eigenvalue weighted by molar-refractivity contribution is 6.34. The molecule has 0 radical (unpaired) electrons. The number of halogens is 2. The molecule has 0 saturated heterocycles. The van der Waals surface area contributed by atoms with Crippen molar-refractivity contribution in [2.24, 2.45) is 5.92 Å². The van der Waals surface area contributed by atoms with Gasteiger partial charge in [-0.25, -0.2) is 0 Å². The summed E-state index contributed by atoms with van der Waals surface area (Å²) in [5.41, 5.74) is 0. The Hall–Kier alpha value is -1.46. The van der Waals surface area contributed by atoms with Crippen LogP contribution in [0.25, 0.3) is 0 Å². The summed E-state index contributed by atoms with van der Waals surface area (Å²) in [5.74, 6) is -0.701. The summed E-state index contributed by atoms with van der Waals surface area (Å²) in [6.07, 6.45) is 2.06. The van der Waals surface area contributed by atoms with E-state index in [1.54, 1.807) is 12.1 Å². The van der Waals surface area contributed by atoms with Crippen LogP contribution < -0.4 is 4.74 Å². The molecule has 1 aliphatic carbocycles. The van der Waals surface area contributed by atoms with Crippen LogP contribution in [0.3, 0.4) is 0 Å². The zero-order chi connectivity index (χ0) is 15.4. The van der Waals surface area contributed by atoms with E-state index in [0.29, 0.717) is 28.3 Å². The second-order valence-electron chi connectivity index (χ2n) is 4.97. The van der Waals surface area contributed by atoms with Gasteiger partial charge in [-0.05, 0) is 30.9 Å². The maximum atomic E-state index is 12.1. The lowest BCUT2D eigenvalue weighted by Gasteiger charge is -2.20. The van der Waals surface area contributed by atoms with Crippen LogP contribution >= 0.6 is 23.2 Å². The van der Waals surface area contributed by atoms with Gasteiger partial charge in [0.05, 0.1) is 5.02 Å². The van der Waals surface area contributed by atoms with Gasteiger partial charge in [0, 0.05) is 17.6 Å². The van der Waals surface area contributed by atoms with Gasteiger partial charge in [0.25, 0.3) is 5.91 Å². The summed E-state index contributed by atoms with van der Waals surface area (Å²) in [6, 6.07) is 4.70. The monoisotopic (exact) mass is 331 g/mol. The number of carboxylic acid groups (broad SMARTS) is 1. The molecule has 0 bridgehead atoms. The molecular formula is C14H15Cl2NO4. The molecular weight excluding hydrogens is 317 g/mol. The first-order valence-corrected chi connectivity index (χ1v) is 7.28. The van der Waals surface area contributed by atoms with E-state index in [0.717, 1.165) is 12.8 Å². The first-order chi connectivity index (χ1) is 9.95. The van der Waals surface area contributed by atoms with Crippen molar-refractivity contribution in [3.8, 4) is 5.75 Å². The highest BCUT2D eigenvalue weighted by atomic mass is 35.5. The van der Waals surface area contributed by atoms with E-state index >= 15 is 0 Å². The van der Waals surface area contributed by atoms with E-state index in [-0.39, 0.29) is 19.1 Å². The molecule has 0 atom stereocenters. The Kier molecular flexibility index (Phi) is 5.31. The molecule has 114 valence electrons. The predicted octanol–water partition coefficient (Wildman–Crippen LogP) is 2.70. The smallest absolute Gasteiger partial charge is 0.323 e. The number of nitrogens with zero attached hydrogens (tertiary/aromatic N) is 1. The molecule has 1 N–H and O–H groups in total. The molecule has 0 unspecified atom stereocenters. The largest absolute Gasteiger partial charge is 0.482 e. The molecule has 0 aliphatic heterocycles. The van der Waals surface area contributed by atoms with Crippen LogP contribution in [0.4, 0.5) is 0 Å². The van der Waals surface area contributed by atoms with Gasteiger partial charge in [-0.3, -0.25) is 9.59 Å². The van der Waals surface area contributed by atoms with Gasteiger partial charge < -0.3 is 14.7 Å². The fourth-order valence-electron chi connectivity index (χ4n) is 1.85. The van der Waals surface area contributed by atoms with Gasteiger partial charge >= 0.3 is 5.97 Å². The second-order valence-corrected chi connectivity index (χ2v) is 5.82. The normalized spacial score (nSPS) is 13.8. The lowest BCUT2D eigenvalue weighted by Crippen LogP contribution is -2.40. The van der Waals surface area contributed by atoms with E-state index in [1.165, 1.54) is 11.0 Å². The Morgan fingerprint density at radius 2 is 2.05 bits per heavy atom.